The van der Waals surface area contributed by atoms with Crippen molar-refractivity contribution in [1.29, 1.82) is 0 Å². The van der Waals surface area contributed by atoms with Crippen LogP contribution in [0.4, 0.5) is 0 Å². The number of likely N-dealkylation sites (tertiary alicyclic amines) is 1. The second-order valence-electron chi connectivity index (χ2n) is 4.76. The lowest BCUT2D eigenvalue weighted by Gasteiger charge is -2.31. The molecule has 5 nitrogen and oxygen atoms in total. The summed E-state index contributed by atoms with van der Waals surface area (Å²) < 4.78 is 5.15. The second kappa shape index (κ2) is 5.73. The lowest BCUT2D eigenvalue weighted by atomic mass is 9.96. The Balaban J connectivity index is 2.07. The number of rotatable bonds is 4. The van der Waals surface area contributed by atoms with Crippen molar-refractivity contribution in [3.63, 3.8) is 0 Å². The molecule has 1 aliphatic rings. The maximum absolute atomic E-state index is 11.9. The number of nitrogens with two attached hydrogens (primary N) is 1. The standard InChI is InChI=1S/C14H18N2O3/c1-19-12-4-2-3-10(7-12)8-16-9-11(14(15)18)5-6-13(16)17/h2-4,7,11H,5-6,8-9H2,1H3,(H2,15,18)/t11-/m0/s1. The molecule has 0 aliphatic carbocycles. The number of carbonyl (C=O) groups excluding carboxylic acids is 2. The van der Waals surface area contributed by atoms with Crippen LogP contribution < -0.4 is 10.5 Å². The fraction of sp³-hybridized carbons (Fsp3) is 0.429. The van der Waals surface area contributed by atoms with Gasteiger partial charge in [-0.15, -0.1) is 0 Å². The van der Waals surface area contributed by atoms with Crippen molar-refractivity contribution < 1.29 is 14.3 Å². The molecular weight excluding hydrogens is 244 g/mol. The SMILES string of the molecule is COc1cccc(CN2C[C@@H](C(N)=O)CCC2=O)c1. The van der Waals surface area contributed by atoms with Crippen LogP contribution in [0.1, 0.15) is 18.4 Å². The van der Waals surface area contributed by atoms with Gasteiger partial charge in [0.15, 0.2) is 0 Å². The summed E-state index contributed by atoms with van der Waals surface area (Å²) in [5.74, 6) is 0.264. The summed E-state index contributed by atoms with van der Waals surface area (Å²) in [6, 6.07) is 7.56. The molecule has 0 radical (unpaired) electrons. The molecule has 2 N–H and O–H groups in total. The molecule has 102 valence electrons. The van der Waals surface area contributed by atoms with Gasteiger partial charge in [-0.05, 0) is 24.1 Å². The maximum atomic E-state index is 11.9. The molecule has 19 heavy (non-hydrogen) atoms. The highest BCUT2D eigenvalue weighted by Crippen LogP contribution is 2.21. The highest BCUT2D eigenvalue weighted by molar-refractivity contribution is 5.82. The van der Waals surface area contributed by atoms with Gasteiger partial charge in [0, 0.05) is 19.5 Å². The summed E-state index contributed by atoms with van der Waals surface area (Å²) in [7, 11) is 1.61. The van der Waals surface area contributed by atoms with E-state index in [0.717, 1.165) is 11.3 Å². The molecule has 0 saturated carbocycles. The average molecular weight is 262 g/mol. The normalized spacial score (nSPS) is 19.3. The molecule has 5 heteroatoms. The van der Waals surface area contributed by atoms with Crippen molar-refractivity contribution in [3.8, 4) is 5.75 Å². The number of amides is 2. The van der Waals surface area contributed by atoms with Crippen LogP contribution in [0.2, 0.25) is 0 Å². The number of hydrogen-bond donors (Lipinski definition) is 1. The quantitative estimate of drug-likeness (QED) is 0.877. The molecule has 2 amide bonds. The lowest BCUT2D eigenvalue weighted by Crippen LogP contribution is -2.43. The molecule has 0 unspecified atom stereocenters. The van der Waals surface area contributed by atoms with Crippen LogP contribution in [0.15, 0.2) is 24.3 Å². The van der Waals surface area contributed by atoms with Gasteiger partial charge in [-0.2, -0.15) is 0 Å². The molecular formula is C14H18N2O3. The largest absolute Gasteiger partial charge is 0.497 e. The van der Waals surface area contributed by atoms with Crippen LogP contribution in [0.25, 0.3) is 0 Å². The fourth-order valence-corrected chi connectivity index (χ4v) is 2.29. The average Bonchev–Trinajstić information content (AvgIpc) is 2.41. The van der Waals surface area contributed by atoms with Crippen molar-refractivity contribution in [2.24, 2.45) is 11.7 Å². The van der Waals surface area contributed by atoms with Crippen molar-refractivity contribution in [2.45, 2.75) is 19.4 Å². The summed E-state index contributed by atoms with van der Waals surface area (Å²) >= 11 is 0. The number of carbonyl (C=O) groups is 2. The number of hydrogen-bond acceptors (Lipinski definition) is 3. The number of benzene rings is 1. The fourth-order valence-electron chi connectivity index (χ4n) is 2.29. The van der Waals surface area contributed by atoms with E-state index < -0.39 is 0 Å². The Kier molecular flexibility index (Phi) is 4.04. The Morgan fingerprint density at radius 1 is 1.53 bits per heavy atom. The summed E-state index contributed by atoms with van der Waals surface area (Å²) in [6.45, 7) is 0.894. The molecule has 1 atom stereocenters. The number of ether oxygens (including phenoxy) is 1. The first kappa shape index (κ1) is 13.4. The molecule has 2 rings (SSSR count). The smallest absolute Gasteiger partial charge is 0.222 e. The first-order valence-corrected chi connectivity index (χ1v) is 6.30. The minimum Gasteiger partial charge on any atom is -0.497 e. The van der Waals surface area contributed by atoms with Gasteiger partial charge in [-0.1, -0.05) is 12.1 Å². The molecule has 0 spiro atoms. The minimum absolute atomic E-state index is 0.0697. The van der Waals surface area contributed by atoms with Crippen LogP contribution in [-0.2, 0) is 16.1 Å². The van der Waals surface area contributed by atoms with Crippen molar-refractivity contribution in [3.05, 3.63) is 29.8 Å². The Bertz CT molecular complexity index is 487. The molecule has 0 bridgehead atoms. The summed E-state index contributed by atoms with van der Waals surface area (Å²) in [5, 5.41) is 0. The van der Waals surface area contributed by atoms with Gasteiger partial charge in [-0.3, -0.25) is 9.59 Å². The zero-order chi connectivity index (χ0) is 13.8. The van der Waals surface area contributed by atoms with Crippen molar-refractivity contribution in [1.82, 2.24) is 4.90 Å². The van der Waals surface area contributed by atoms with E-state index in [-0.39, 0.29) is 17.7 Å². The Morgan fingerprint density at radius 2 is 2.32 bits per heavy atom. The van der Waals surface area contributed by atoms with Crippen LogP contribution in [0, 0.1) is 5.92 Å². The molecule has 1 heterocycles. The van der Waals surface area contributed by atoms with E-state index in [1.165, 1.54) is 0 Å². The second-order valence-corrected chi connectivity index (χ2v) is 4.76. The van der Waals surface area contributed by atoms with Gasteiger partial charge in [-0.25, -0.2) is 0 Å². The topological polar surface area (TPSA) is 72.6 Å². The van der Waals surface area contributed by atoms with Crippen LogP contribution in [0.3, 0.4) is 0 Å². The predicted molar refractivity (Wildman–Crippen MR) is 70.3 cm³/mol. The molecule has 0 aromatic heterocycles. The Hall–Kier alpha value is -2.04. The molecule has 1 aromatic carbocycles. The van der Waals surface area contributed by atoms with Gasteiger partial charge in [0.1, 0.15) is 5.75 Å². The number of primary amides is 1. The van der Waals surface area contributed by atoms with E-state index in [4.69, 9.17) is 10.5 Å². The van der Waals surface area contributed by atoms with E-state index in [2.05, 4.69) is 0 Å². The lowest BCUT2D eigenvalue weighted by molar-refractivity contribution is -0.138. The van der Waals surface area contributed by atoms with Crippen molar-refractivity contribution >= 4 is 11.8 Å². The van der Waals surface area contributed by atoms with E-state index >= 15 is 0 Å². The summed E-state index contributed by atoms with van der Waals surface area (Å²) in [4.78, 5) is 24.8. The van der Waals surface area contributed by atoms with E-state index in [1.807, 2.05) is 24.3 Å². The third kappa shape index (κ3) is 3.24. The van der Waals surface area contributed by atoms with Gasteiger partial charge >= 0.3 is 0 Å². The number of nitrogens with zero attached hydrogens (tertiary/aromatic N) is 1. The minimum atomic E-state index is -0.330. The molecule has 1 aliphatic heterocycles. The summed E-state index contributed by atoms with van der Waals surface area (Å²) in [5.41, 5.74) is 6.30. The highest BCUT2D eigenvalue weighted by Gasteiger charge is 2.28. The van der Waals surface area contributed by atoms with Crippen LogP contribution in [-0.4, -0.2) is 30.4 Å². The highest BCUT2D eigenvalue weighted by atomic mass is 16.5. The van der Waals surface area contributed by atoms with Crippen LogP contribution in [0.5, 0.6) is 5.75 Å². The van der Waals surface area contributed by atoms with Gasteiger partial charge < -0.3 is 15.4 Å². The van der Waals surface area contributed by atoms with Gasteiger partial charge in [0.05, 0.1) is 13.0 Å². The molecule has 1 aromatic rings. The Labute approximate surface area is 112 Å². The first-order chi connectivity index (χ1) is 9.10. The maximum Gasteiger partial charge on any atom is 0.222 e. The van der Waals surface area contributed by atoms with E-state index in [0.29, 0.717) is 25.9 Å². The van der Waals surface area contributed by atoms with Gasteiger partial charge in [0.25, 0.3) is 0 Å². The predicted octanol–water partition coefficient (Wildman–Crippen LogP) is 0.919. The third-order valence-electron chi connectivity index (χ3n) is 3.41. The zero-order valence-corrected chi connectivity index (χ0v) is 11.0. The third-order valence-corrected chi connectivity index (χ3v) is 3.41. The summed E-state index contributed by atoms with van der Waals surface area (Å²) in [6.07, 6.45) is 0.945. The van der Waals surface area contributed by atoms with Crippen molar-refractivity contribution in [2.75, 3.05) is 13.7 Å². The van der Waals surface area contributed by atoms with Crippen LogP contribution >= 0.6 is 0 Å². The molecule has 1 saturated heterocycles. The van der Waals surface area contributed by atoms with E-state index in [1.54, 1.807) is 12.0 Å². The Morgan fingerprint density at radius 3 is 3.00 bits per heavy atom. The monoisotopic (exact) mass is 262 g/mol. The van der Waals surface area contributed by atoms with Gasteiger partial charge in [0.2, 0.25) is 11.8 Å². The molecule has 1 fully saturated rings. The zero-order valence-electron chi connectivity index (χ0n) is 11.0. The number of methoxy groups -OCH3 is 1. The number of piperidine rings is 1. The first-order valence-electron chi connectivity index (χ1n) is 6.30. The van der Waals surface area contributed by atoms with E-state index in [9.17, 15) is 9.59 Å².